The normalized spacial score (nSPS) is 13.1. The second-order valence-electron chi connectivity index (χ2n) is 4.39. The van der Waals surface area contributed by atoms with Gasteiger partial charge in [-0.1, -0.05) is 13.3 Å². The van der Waals surface area contributed by atoms with Crippen LogP contribution in [0.4, 0.5) is 0 Å². The maximum absolute atomic E-state index is 11.0. The molecule has 4 heteroatoms. The maximum atomic E-state index is 11.0. The van der Waals surface area contributed by atoms with Crippen molar-refractivity contribution in [2.45, 2.75) is 52.5 Å². The lowest BCUT2D eigenvalue weighted by molar-refractivity contribution is -0.138. The monoisotopic (exact) mass is 224 g/mol. The minimum atomic E-state index is -0.791. The summed E-state index contributed by atoms with van der Waals surface area (Å²) in [6, 6.07) is 0.274. The predicted molar refractivity (Wildman–Crippen MR) is 62.7 cm³/mol. The number of carboxylic acids is 1. The number of rotatable bonds is 5. The first kappa shape index (κ1) is 12.7. The molecule has 0 aliphatic carbocycles. The second-order valence-corrected chi connectivity index (χ2v) is 4.39. The first-order chi connectivity index (χ1) is 7.49. The maximum Gasteiger partial charge on any atom is 0.310 e. The van der Waals surface area contributed by atoms with Crippen LogP contribution in [0, 0.1) is 0 Å². The van der Waals surface area contributed by atoms with Crippen LogP contribution in [0.25, 0.3) is 0 Å². The number of carboxylic acid groups (broad SMARTS) is 1. The highest BCUT2D eigenvalue weighted by Crippen LogP contribution is 2.23. The fourth-order valence-electron chi connectivity index (χ4n) is 1.84. The highest BCUT2D eigenvalue weighted by molar-refractivity contribution is 5.75. The Morgan fingerprint density at radius 1 is 1.50 bits per heavy atom. The minimum Gasteiger partial charge on any atom is -0.481 e. The van der Waals surface area contributed by atoms with Crippen LogP contribution >= 0.6 is 0 Å². The summed E-state index contributed by atoms with van der Waals surface area (Å²) in [5.74, 6) is -1.27. The first-order valence-electron chi connectivity index (χ1n) is 5.78. The number of hydrogen-bond acceptors (Lipinski definition) is 2. The van der Waals surface area contributed by atoms with Gasteiger partial charge in [0.1, 0.15) is 0 Å². The fraction of sp³-hybridized carbons (Fsp3) is 0.667. The molecule has 1 N–H and O–H groups in total. The highest BCUT2D eigenvalue weighted by Gasteiger charge is 2.21. The molecule has 0 aliphatic rings. The van der Waals surface area contributed by atoms with E-state index >= 15 is 0 Å². The Bertz CT molecular complexity index is 369. The summed E-state index contributed by atoms with van der Waals surface area (Å²) in [6.07, 6.45) is 3.58. The van der Waals surface area contributed by atoms with E-state index in [2.05, 4.69) is 25.9 Å². The third kappa shape index (κ3) is 2.43. The topological polar surface area (TPSA) is 55.1 Å². The minimum absolute atomic E-state index is 0.274. The van der Waals surface area contributed by atoms with Crippen molar-refractivity contribution in [1.29, 1.82) is 0 Å². The van der Waals surface area contributed by atoms with Gasteiger partial charge >= 0.3 is 5.97 Å². The van der Waals surface area contributed by atoms with Gasteiger partial charge in [-0.05, 0) is 27.2 Å². The van der Waals surface area contributed by atoms with E-state index in [1.54, 1.807) is 13.1 Å². The van der Waals surface area contributed by atoms with Gasteiger partial charge in [0.2, 0.25) is 0 Å². The third-order valence-electron chi connectivity index (χ3n) is 2.74. The molecule has 1 rings (SSSR count). The Balaban J connectivity index is 3.14. The van der Waals surface area contributed by atoms with Gasteiger partial charge in [-0.15, -0.1) is 0 Å². The molecule has 0 aliphatic heterocycles. The van der Waals surface area contributed by atoms with Gasteiger partial charge in [-0.25, -0.2) is 0 Å². The molecular weight excluding hydrogens is 204 g/mol. The van der Waals surface area contributed by atoms with Gasteiger partial charge in [-0.2, -0.15) is 5.10 Å². The van der Waals surface area contributed by atoms with Crippen LogP contribution in [0.3, 0.4) is 0 Å². The third-order valence-corrected chi connectivity index (χ3v) is 2.74. The standard InChI is InChI=1S/C12H20N2O2/c1-5-6-11-10(9(4)12(15)16)7-13-14(11)8(2)3/h7-9H,5-6H2,1-4H3,(H,15,16). The SMILES string of the molecule is CCCc1c(C(C)C(=O)O)cnn1C(C)C. The molecule has 0 amide bonds. The van der Waals surface area contributed by atoms with Gasteiger partial charge in [0, 0.05) is 17.3 Å². The van der Waals surface area contributed by atoms with E-state index < -0.39 is 11.9 Å². The van der Waals surface area contributed by atoms with E-state index in [1.165, 1.54) is 0 Å². The number of carbonyl (C=O) groups is 1. The molecule has 0 saturated carbocycles. The molecular formula is C12H20N2O2. The van der Waals surface area contributed by atoms with E-state index in [0.717, 1.165) is 24.1 Å². The molecule has 1 aromatic heterocycles. The first-order valence-corrected chi connectivity index (χ1v) is 5.78. The molecule has 1 aromatic rings. The van der Waals surface area contributed by atoms with Crippen LogP contribution in [0.1, 0.15) is 57.3 Å². The number of aliphatic carboxylic acids is 1. The molecule has 4 nitrogen and oxygen atoms in total. The van der Waals surface area contributed by atoms with Crippen LogP contribution in [0.5, 0.6) is 0 Å². The number of nitrogens with zero attached hydrogens (tertiary/aromatic N) is 2. The summed E-state index contributed by atoms with van der Waals surface area (Å²) in [5.41, 5.74) is 1.91. The van der Waals surface area contributed by atoms with Crippen LogP contribution < -0.4 is 0 Å². The van der Waals surface area contributed by atoms with Crippen molar-refractivity contribution >= 4 is 5.97 Å². The Labute approximate surface area is 96.3 Å². The van der Waals surface area contributed by atoms with Gasteiger partial charge in [-0.3, -0.25) is 9.48 Å². The van der Waals surface area contributed by atoms with Crippen LogP contribution in [0.2, 0.25) is 0 Å². The van der Waals surface area contributed by atoms with Crippen LogP contribution in [-0.2, 0) is 11.2 Å². The van der Waals surface area contributed by atoms with Gasteiger partial charge in [0.25, 0.3) is 0 Å². The molecule has 1 atom stereocenters. The highest BCUT2D eigenvalue weighted by atomic mass is 16.4. The summed E-state index contributed by atoms with van der Waals surface area (Å²) in [5, 5.41) is 13.3. The van der Waals surface area contributed by atoms with Gasteiger partial charge < -0.3 is 5.11 Å². The molecule has 1 unspecified atom stereocenters. The average Bonchev–Trinajstić information content (AvgIpc) is 2.61. The molecule has 0 aromatic carbocycles. The van der Waals surface area contributed by atoms with Crippen molar-refractivity contribution in [3.05, 3.63) is 17.5 Å². The largest absolute Gasteiger partial charge is 0.481 e. The molecule has 0 saturated heterocycles. The molecule has 0 fully saturated rings. The Morgan fingerprint density at radius 3 is 2.56 bits per heavy atom. The Morgan fingerprint density at radius 2 is 2.12 bits per heavy atom. The van der Waals surface area contributed by atoms with Crippen molar-refractivity contribution in [3.8, 4) is 0 Å². The summed E-state index contributed by atoms with van der Waals surface area (Å²) in [4.78, 5) is 11.0. The molecule has 16 heavy (non-hydrogen) atoms. The fourth-order valence-corrected chi connectivity index (χ4v) is 1.84. The van der Waals surface area contributed by atoms with E-state index in [0.29, 0.717) is 0 Å². The smallest absolute Gasteiger partial charge is 0.310 e. The Kier molecular flexibility index (Phi) is 4.10. The van der Waals surface area contributed by atoms with Gasteiger partial charge in [0.05, 0.1) is 12.1 Å². The van der Waals surface area contributed by atoms with Crippen molar-refractivity contribution in [2.75, 3.05) is 0 Å². The van der Waals surface area contributed by atoms with Crippen LogP contribution in [-0.4, -0.2) is 20.9 Å². The van der Waals surface area contributed by atoms with Crippen molar-refractivity contribution in [3.63, 3.8) is 0 Å². The lowest BCUT2D eigenvalue weighted by Crippen LogP contribution is -2.12. The zero-order valence-electron chi connectivity index (χ0n) is 10.4. The Hall–Kier alpha value is -1.32. The summed E-state index contributed by atoms with van der Waals surface area (Å²) in [7, 11) is 0. The van der Waals surface area contributed by atoms with E-state index in [4.69, 9.17) is 5.11 Å². The molecule has 90 valence electrons. The summed E-state index contributed by atoms with van der Waals surface area (Å²) < 4.78 is 1.93. The van der Waals surface area contributed by atoms with Crippen LogP contribution in [0.15, 0.2) is 6.20 Å². The lowest BCUT2D eigenvalue weighted by atomic mass is 10.00. The molecule has 0 bridgehead atoms. The van der Waals surface area contributed by atoms with Crippen molar-refractivity contribution in [1.82, 2.24) is 9.78 Å². The molecule has 1 heterocycles. The summed E-state index contributed by atoms with van der Waals surface area (Å²) >= 11 is 0. The average molecular weight is 224 g/mol. The molecule has 0 spiro atoms. The van der Waals surface area contributed by atoms with Crippen molar-refractivity contribution < 1.29 is 9.90 Å². The zero-order valence-corrected chi connectivity index (χ0v) is 10.4. The van der Waals surface area contributed by atoms with E-state index in [1.807, 2.05) is 4.68 Å². The van der Waals surface area contributed by atoms with Crippen molar-refractivity contribution in [2.24, 2.45) is 0 Å². The second kappa shape index (κ2) is 5.14. The number of hydrogen-bond donors (Lipinski definition) is 1. The predicted octanol–water partition coefficient (Wildman–Crippen LogP) is 2.60. The van der Waals surface area contributed by atoms with Gasteiger partial charge in [0.15, 0.2) is 0 Å². The molecule has 0 radical (unpaired) electrons. The lowest BCUT2D eigenvalue weighted by Gasteiger charge is -2.13. The van der Waals surface area contributed by atoms with E-state index in [9.17, 15) is 4.79 Å². The summed E-state index contributed by atoms with van der Waals surface area (Å²) in [6.45, 7) is 7.92. The zero-order chi connectivity index (χ0) is 12.3. The number of aromatic nitrogens is 2. The van der Waals surface area contributed by atoms with E-state index in [-0.39, 0.29) is 6.04 Å². The quantitative estimate of drug-likeness (QED) is 0.836.